The van der Waals surface area contributed by atoms with Crippen molar-refractivity contribution in [3.63, 3.8) is 0 Å². The van der Waals surface area contributed by atoms with E-state index < -0.39 is 0 Å². The van der Waals surface area contributed by atoms with Gasteiger partial charge in [0.1, 0.15) is 11.6 Å². The number of hydrogen-bond acceptors (Lipinski definition) is 2. The molecule has 0 aliphatic rings. The Balaban J connectivity index is 2.39. The zero-order chi connectivity index (χ0) is 14.0. The molecule has 0 aliphatic heterocycles. The Morgan fingerprint density at radius 3 is 2.74 bits per heavy atom. The highest BCUT2D eigenvalue weighted by atomic mass is 19.1. The standard InChI is InChI=1S/C15H22FN3/c1-4-9-19-13-10-11(16)5-6-12(13)18-14(19)7-8-15(2,3)17/h5-6,10H,4,7-9,17H2,1-3H3. The lowest BCUT2D eigenvalue weighted by molar-refractivity contribution is 0.464. The predicted octanol–water partition coefficient (Wildman–Crippen LogP) is 3.26. The van der Waals surface area contributed by atoms with E-state index in [0.717, 1.165) is 42.7 Å². The summed E-state index contributed by atoms with van der Waals surface area (Å²) in [5.41, 5.74) is 7.56. The van der Waals surface area contributed by atoms with Gasteiger partial charge in [0.25, 0.3) is 0 Å². The molecule has 3 nitrogen and oxygen atoms in total. The quantitative estimate of drug-likeness (QED) is 0.900. The van der Waals surface area contributed by atoms with Crippen molar-refractivity contribution in [3.8, 4) is 0 Å². The third-order valence-corrected chi connectivity index (χ3v) is 3.23. The summed E-state index contributed by atoms with van der Waals surface area (Å²) in [6.07, 6.45) is 2.68. The molecule has 0 fully saturated rings. The van der Waals surface area contributed by atoms with E-state index in [4.69, 9.17) is 5.73 Å². The first-order chi connectivity index (χ1) is 8.90. The van der Waals surface area contributed by atoms with Crippen molar-refractivity contribution >= 4 is 11.0 Å². The fourth-order valence-electron chi connectivity index (χ4n) is 2.24. The third kappa shape index (κ3) is 3.32. The van der Waals surface area contributed by atoms with Crippen LogP contribution in [0.15, 0.2) is 18.2 Å². The Bertz CT molecular complexity index is 567. The number of fused-ring (bicyclic) bond motifs is 1. The zero-order valence-electron chi connectivity index (χ0n) is 11.9. The molecule has 104 valence electrons. The second-order valence-corrected chi connectivity index (χ2v) is 5.80. The van der Waals surface area contributed by atoms with Crippen molar-refractivity contribution in [1.82, 2.24) is 9.55 Å². The van der Waals surface area contributed by atoms with Gasteiger partial charge in [0.2, 0.25) is 0 Å². The van der Waals surface area contributed by atoms with Gasteiger partial charge in [-0.3, -0.25) is 0 Å². The molecular formula is C15H22FN3. The lowest BCUT2D eigenvalue weighted by Gasteiger charge is -2.18. The lowest BCUT2D eigenvalue weighted by atomic mass is 10.00. The third-order valence-electron chi connectivity index (χ3n) is 3.23. The van der Waals surface area contributed by atoms with Crippen LogP contribution in [-0.4, -0.2) is 15.1 Å². The molecule has 0 amide bonds. The van der Waals surface area contributed by atoms with Crippen LogP contribution < -0.4 is 5.73 Å². The van der Waals surface area contributed by atoms with Gasteiger partial charge in [-0.1, -0.05) is 6.92 Å². The second kappa shape index (κ2) is 5.29. The fourth-order valence-corrected chi connectivity index (χ4v) is 2.24. The lowest BCUT2D eigenvalue weighted by Crippen LogP contribution is -2.32. The number of nitrogens with two attached hydrogens (primary N) is 1. The number of imidazole rings is 1. The zero-order valence-corrected chi connectivity index (χ0v) is 11.9. The van der Waals surface area contributed by atoms with Crippen LogP contribution >= 0.6 is 0 Å². The topological polar surface area (TPSA) is 43.8 Å². The molecule has 0 unspecified atom stereocenters. The van der Waals surface area contributed by atoms with Crippen LogP contribution in [0.4, 0.5) is 4.39 Å². The maximum Gasteiger partial charge on any atom is 0.125 e. The van der Waals surface area contributed by atoms with Gasteiger partial charge in [0, 0.05) is 18.5 Å². The molecular weight excluding hydrogens is 241 g/mol. The first kappa shape index (κ1) is 14.0. The highest BCUT2D eigenvalue weighted by Crippen LogP contribution is 2.20. The Morgan fingerprint density at radius 1 is 1.37 bits per heavy atom. The number of rotatable bonds is 5. The van der Waals surface area contributed by atoms with E-state index in [1.165, 1.54) is 6.07 Å². The van der Waals surface area contributed by atoms with E-state index >= 15 is 0 Å². The first-order valence-electron chi connectivity index (χ1n) is 6.84. The van der Waals surface area contributed by atoms with Crippen molar-refractivity contribution in [2.45, 2.75) is 52.1 Å². The molecule has 2 aromatic rings. The average Bonchev–Trinajstić information content (AvgIpc) is 2.64. The van der Waals surface area contributed by atoms with E-state index in [1.54, 1.807) is 12.1 Å². The summed E-state index contributed by atoms with van der Waals surface area (Å²) in [6, 6.07) is 4.77. The summed E-state index contributed by atoms with van der Waals surface area (Å²) < 4.78 is 15.5. The van der Waals surface area contributed by atoms with E-state index in [2.05, 4.69) is 16.5 Å². The Kier molecular flexibility index (Phi) is 3.90. The number of halogens is 1. The molecule has 0 saturated carbocycles. The van der Waals surface area contributed by atoms with Crippen molar-refractivity contribution in [3.05, 3.63) is 29.8 Å². The van der Waals surface area contributed by atoms with Crippen molar-refractivity contribution in [2.75, 3.05) is 0 Å². The van der Waals surface area contributed by atoms with E-state index in [0.29, 0.717) is 0 Å². The predicted molar refractivity (Wildman–Crippen MR) is 76.6 cm³/mol. The molecule has 0 aliphatic carbocycles. The van der Waals surface area contributed by atoms with E-state index in [1.807, 2.05) is 13.8 Å². The minimum absolute atomic E-state index is 0.208. The van der Waals surface area contributed by atoms with Gasteiger partial charge in [-0.25, -0.2) is 9.37 Å². The summed E-state index contributed by atoms with van der Waals surface area (Å²) in [6.45, 7) is 7.00. The number of aromatic nitrogens is 2. The maximum absolute atomic E-state index is 13.4. The highest BCUT2D eigenvalue weighted by Gasteiger charge is 2.15. The summed E-state index contributed by atoms with van der Waals surface area (Å²) in [5.74, 6) is 0.788. The van der Waals surface area contributed by atoms with Crippen LogP contribution in [0.5, 0.6) is 0 Å². The molecule has 2 rings (SSSR count). The maximum atomic E-state index is 13.4. The van der Waals surface area contributed by atoms with Crippen LogP contribution in [0.1, 0.15) is 39.4 Å². The number of nitrogens with zero attached hydrogens (tertiary/aromatic N) is 2. The average molecular weight is 263 g/mol. The molecule has 19 heavy (non-hydrogen) atoms. The molecule has 1 heterocycles. The van der Waals surface area contributed by atoms with Crippen LogP contribution in [-0.2, 0) is 13.0 Å². The summed E-state index contributed by atoms with van der Waals surface area (Å²) in [4.78, 5) is 4.62. The van der Waals surface area contributed by atoms with Crippen LogP contribution in [0.3, 0.4) is 0 Å². The van der Waals surface area contributed by atoms with E-state index in [-0.39, 0.29) is 11.4 Å². The molecule has 1 aromatic carbocycles. The van der Waals surface area contributed by atoms with Crippen LogP contribution in [0.2, 0.25) is 0 Å². The normalized spacial score (nSPS) is 12.3. The summed E-state index contributed by atoms with van der Waals surface area (Å²) >= 11 is 0. The number of benzene rings is 1. The first-order valence-corrected chi connectivity index (χ1v) is 6.84. The largest absolute Gasteiger partial charge is 0.328 e. The van der Waals surface area contributed by atoms with E-state index in [9.17, 15) is 4.39 Å². The molecule has 0 spiro atoms. The SMILES string of the molecule is CCCn1c(CCC(C)(C)N)nc2ccc(F)cc21. The summed E-state index contributed by atoms with van der Waals surface area (Å²) in [7, 11) is 0. The van der Waals surface area contributed by atoms with Gasteiger partial charge in [0.15, 0.2) is 0 Å². The van der Waals surface area contributed by atoms with Gasteiger partial charge in [-0.15, -0.1) is 0 Å². The van der Waals surface area contributed by atoms with Crippen molar-refractivity contribution in [1.29, 1.82) is 0 Å². The Morgan fingerprint density at radius 2 is 2.11 bits per heavy atom. The van der Waals surface area contributed by atoms with Gasteiger partial charge in [0.05, 0.1) is 11.0 Å². The molecule has 4 heteroatoms. The van der Waals surface area contributed by atoms with Gasteiger partial charge >= 0.3 is 0 Å². The van der Waals surface area contributed by atoms with Gasteiger partial charge < -0.3 is 10.3 Å². The monoisotopic (exact) mass is 263 g/mol. The number of aryl methyl sites for hydroxylation is 2. The molecule has 0 saturated heterocycles. The Hall–Kier alpha value is -1.42. The minimum atomic E-state index is -0.213. The minimum Gasteiger partial charge on any atom is -0.328 e. The molecule has 1 aromatic heterocycles. The summed E-state index contributed by atoms with van der Waals surface area (Å²) in [5, 5.41) is 0. The smallest absolute Gasteiger partial charge is 0.125 e. The van der Waals surface area contributed by atoms with Gasteiger partial charge in [-0.2, -0.15) is 0 Å². The number of hydrogen-bond donors (Lipinski definition) is 1. The molecule has 0 radical (unpaired) electrons. The van der Waals surface area contributed by atoms with Gasteiger partial charge in [-0.05, 0) is 44.9 Å². The second-order valence-electron chi connectivity index (χ2n) is 5.80. The molecule has 0 atom stereocenters. The Labute approximate surface area is 113 Å². The fraction of sp³-hybridized carbons (Fsp3) is 0.533. The van der Waals surface area contributed by atoms with Crippen LogP contribution in [0.25, 0.3) is 11.0 Å². The van der Waals surface area contributed by atoms with Crippen molar-refractivity contribution < 1.29 is 4.39 Å². The highest BCUT2D eigenvalue weighted by molar-refractivity contribution is 5.76. The van der Waals surface area contributed by atoms with Crippen LogP contribution in [0, 0.1) is 5.82 Å². The molecule has 2 N–H and O–H groups in total. The molecule has 0 bridgehead atoms. The van der Waals surface area contributed by atoms with Crippen molar-refractivity contribution in [2.24, 2.45) is 5.73 Å².